The van der Waals surface area contributed by atoms with Gasteiger partial charge in [0.25, 0.3) is 0 Å². The van der Waals surface area contributed by atoms with Gasteiger partial charge in [0, 0.05) is 11.8 Å². The molecular weight excluding hydrogens is 306 g/mol. The summed E-state index contributed by atoms with van der Waals surface area (Å²) in [6.45, 7) is 4.00. The molecule has 0 fully saturated rings. The Kier molecular flexibility index (Phi) is 3.99. The maximum atomic E-state index is 11.1. The maximum Gasteiger partial charge on any atom is 0.248 e. The van der Waals surface area contributed by atoms with Crippen molar-refractivity contribution in [2.45, 2.75) is 19.8 Å². The van der Waals surface area contributed by atoms with Crippen molar-refractivity contribution in [2.24, 2.45) is 16.0 Å². The molecule has 0 spiro atoms. The van der Waals surface area contributed by atoms with E-state index in [-0.39, 0.29) is 11.7 Å². The van der Waals surface area contributed by atoms with E-state index in [1.54, 1.807) is 47.0 Å². The molecule has 3 rings (SSSR count). The summed E-state index contributed by atoms with van der Waals surface area (Å²) in [5.74, 6) is 0.287. The zero-order valence-corrected chi connectivity index (χ0v) is 13.3. The summed E-state index contributed by atoms with van der Waals surface area (Å²) >= 11 is 0. The molecule has 0 bridgehead atoms. The fourth-order valence-electron chi connectivity index (χ4n) is 2.34. The van der Waals surface area contributed by atoms with E-state index >= 15 is 0 Å². The largest absolute Gasteiger partial charge is 0.504 e. The molecule has 2 heterocycles. The van der Waals surface area contributed by atoms with Gasteiger partial charge in [0.05, 0.1) is 11.4 Å². The van der Waals surface area contributed by atoms with Gasteiger partial charge in [-0.15, -0.1) is 10.2 Å². The minimum atomic E-state index is -0.488. The van der Waals surface area contributed by atoms with Crippen LogP contribution in [-0.4, -0.2) is 20.4 Å². The number of amides is 1. The van der Waals surface area contributed by atoms with Crippen LogP contribution in [0.5, 0.6) is 5.75 Å². The first-order valence-electron chi connectivity index (χ1n) is 7.49. The topological polar surface area (TPSA) is 105 Å². The predicted octanol–water partition coefficient (Wildman–Crippen LogP) is 3.68. The number of pyridine rings is 1. The molecule has 1 aromatic carbocycles. The van der Waals surface area contributed by atoms with E-state index < -0.39 is 5.91 Å². The van der Waals surface area contributed by atoms with Crippen molar-refractivity contribution in [3.63, 3.8) is 0 Å². The molecule has 0 unspecified atom stereocenters. The number of azo groups is 1. The molecule has 2 aromatic heterocycles. The van der Waals surface area contributed by atoms with Crippen LogP contribution in [-0.2, 0) is 0 Å². The Hall–Kier alpha value is -3.22. The van der Waals surface area contributed by atoms with Crippen LogP contribution < -0.4 is 5.73 Å². The third-order valence-electron chi connectivity index (χ3n) is 3.59. The van der Waals surface area contributed by atoms with E-state index in [1.807, 2.05) is 13.8 Å². The van der Waals surface area contributed by atoms with Gasteiger partial charge in [-0.2, -0.15) is 0 Å². The van der Waals surface area contributed by atoms with E-state index in [1.165, 1.54) is 0 Å². The van der Waals surface area contributed by atoms with E-state index in [9.17, 15) is 9.90 Å². The van der Waals surface area contributed by atoms with Gasteiger partial charge in [-0.1, -0.05) is 13.8 Å². The van der Waals surface area contributed by atoms with Gasteiger partial charge in [-0.05, 0) is 42.3 Å². The number of nitrogens with two attached hydrogens (primary N) is 1. The zero-order valence-electron chi connectivity index (χ0n) is 13.3. The van der Waals surface area contributed by atoms with Crippen LogP contribution in [0.4, 0.5) is 11.5 Å². The second-order valence-corrected chi connectivity index (χ2v) is 5.67. The minimum absolute atomic E-state index is 0.0895. The Morgan fingerprint density at radius 3 is 2.54 bits per heavy atom. The van der Waals surface area contributed by atoms with Crippen molar-refractivity contribution >= 4 is 23.1 Å². The Labute approximate surface area is 138 Å². The highest BCUT2D eigenvalue weighted by molar-refractivity contribution is 5.92. The number of carbonyl (C=O) groups excluding carboxylic acids is 1. The average Bonchev–Trinajstić information content (AvgIpc) is 2.93. The molecule has 3 aromatic rings. The van der Waals surface area contributed by atoms with Gasteiger partial charge in [0.2, 0.25) is 5.91 Å². The van der Waals surface area contributed by atoms with Crippen molar-refractivity contribution in [3.05, 3.63) is 53.9 Å². The van der Waals surface area contributed by atoms with Crippen molar-refractivity contribution in [3.8, 4) is 5.75 Å². The molecule has 0 aliphatic rings. The van der Waals surface area contributed by atoms with Crippen molar-refractivity contribution in [1.29, 1.82) is 0 Å². The van der Waals surface area contributed by atoms with Gasteiger partial charge in [0.1, 0.15) is 0 Å². The Bertz CT molecular complexity index is 926. The summed E-state index contributed by atoms with van der Waals surface area (Å²) in [7, 11) is 0. The van der Waals surface area contributed by atoms with Crippen LogP contribution in [0.3, 0.4) is 0 Å². The molecule has 7 heteroatoms. The monoisotopic (exact) mass is 323 g/mol. The van der Waals surface area contributed by atoms with Crippen LogP contribution >= 0.6 is 0 Å². The Morgan fingerprint density at radius 1 is 1.21 bits per heavy atom. The number of imidazole rings is 1. The number of carbonyl (C=O) groups is 1. The maximum absolute atomic E-state index is 11.1. The number of hydrogen-bond acceptors (Lipinski definition) is 5. The second kappa shape index (κ2) is 6.11. The van der Waals surface area contributed by atoms with E-state index in [0.717, 1.165) is 5.69 Å². The van der Waals surface area contributed by atoms with Gasteiger partial charge in [-0.25, -0.2) is 4.98 Å². The zero-order chi connectivity index (χ0) is 17.3. The highest BCUT2D eigenvalue weighted by atomic mass is 16.3. The highest BCUT2D eigenvalue weighted by Gasteiger charge is 2.16. The average molecular weight is 323 g/mol. The predicted molar refractivity (Wildman–Crippen MR) is 90.1 cm³/mol. The van der Waals surface area contributed by atoms with Crippen LogP contribution in [0.1, 0.15) is 35.8 Å². The number of primary amides is 1. The lowest BCUT2D eigenvalue weighted by atomic mass is 10.1. The number of aromatic nitrogens is 2. The third-order valence-corrected chi connectivity index (χ3v) is 3.59. The molecule has 0 aliphatic heterocycles. The van der Waals surface area contributed by atoms with Gasteiger partial charge < -0.3 is 10.8 Å². The first-order valence-corrected chi connectivity index (χ1v) is 7.49. The number of fused-ring (bicyclic) bond motifs is 1. The number of benzene rings is 1. The summed E-state index contributed by atoms with van der Waals surface area (Å²) in [5.41, 5.74) is 7.41. The molecule has 122 valence electrons. The van der Waals surface area contributed by atoms with E-state index in [0.29, 0.717) is 22.7 Å². The lowest BCUT2D eigenvalue weighted by Gasteiger charge is -2.01. The molecule has 1 amide bonds. The number of nitrogens with zero attached hydrogens (tertiary/aromatic N) is 4. The van der Waals surface area contributed by atoms with Gasteiger partial charge >= 0.3 is 0 Å². The first kappa shape index (κ1) is 15.7. The molecule has 24 heavy (non-hydrogen) atoms. The van der Waals surface area contributed by atoms with Crippen LogP contribution in [0.25, 0.3) is 5.65 Å². The van der Waals surface area contributed by atoms with Crippen molar-refractivity contribution < 1.29 is 9.90 Å². The van der Waals surface area contributed by atoms with Gasteiger partial charge in [0.15, 0.2) is 17.2 Å². The Morgan fingerprint density at radius 2 is 1.92 bits per heavy atom. The number of rotatable bonds is 4. The highest BCUT2D eigenvalue weighted by Crippen LogP contribution is 2.32. The molecule has 0 saturated heterocycles. The minimum Gasteiger partial charge on any atom is -0.504 e. The van der Waals surface area contributed by atoms with Crippen LogP contribution in [0, 0.1) is 0 Å². The quantitative estimate of drug-likeness (QED) is 0.715. The normalized spacial score (nSPS) is 11.6. The lowest BCUT2D eigenvalue weighted by Crippen LogP contribution is -2.10. The number of hydrogen-bond donors (Lipinski definition) is 2. The standard InChI is InChI=1S/C17H17N5O2/c1-10(2)14-17(22-9-3-4-13(23)16(22)19-14)21-20-12-7-5-11(6-8-12)15(18)24/h3-10,23H,1-2H3,(H2,18,24). The molecule has 0 aliphatic carbocycles. The third kappa shape index (κ3) is 2.83. The summed E-state index contributed by atoms with van der Waals surface area (Å²) in [5, 5.41) is 18.5. The lowest BCUT2D eigenvalue weighted by molar-refractivity contribution is 0.100. The smallest absolute Gasteiger partial charge is 0.248 e. The summed E-state index contributed by atoms with van der Waals surface area (Å²) in [6, 6.07) is 9.82. The SMILES string of the molecule is CC(C)c1nc2c(O)cccn2c1N=Nc1ccc(C(N)=O)cc1. The fourth-order valence-corrected chi connectivity index (χ4v) is 2.34. The second-order valence-electron chi connectivity index (χ2n) is 5.67. The van der Waals surface area contributed by atoms with E-state index in [4.69, 9.17) is 5.73 Å². The molecule has 0 saturated carbocycles. The fraction of sp³-hybridized carbons (Fsp3) is 0.176. The van der Waals surface area contributed by atoms with E-state index in [2.05, 4.69) is 15.2 Å². The molecule has 0 radical (unpaired) electrons. The summed E-state index contributed by atoms with van der Waals surface area (Å²) < 4.78 is 1.70. The van der Waals surface area contributed by atoms with Crippen molar-refractivity contribution in [2.75, 3.05) is 0 Å². The van der Waals surface area contributed by atoms with Gasteiger partial charge in [-0.3, -0.25) is 9.20 Å². The first-order chi connectivity index (χ1) is 11.5. The summed E-state index contributed by atoms with van der Waals surface area (Å²) in [4.78, 5) is 15.5. The van der Waals surface area contributed by atoms with Crippen LogP contribution in [0.2, 0.25) is 0 Å². The van der Waals surface area contributed by atoms with Crippen molar-refractivity contribution in [1.82, 2.24) is 9.38 Å². The molecule has 3 N–H and O–H groups in total. The Balaban J connectivity index is 2.04. The summed E-state index contributed by atoms with van der Waals surface area (Å²) in [6.07, 6.45) is 1.78. The number of aromatic hydroxyl groups is 1. The molecule has 0 atom stereocenters. The molecule has 7 nitrogen and oxygen atoms in total. The molecular formula is C17H17N5O2. The van der Waals surface area contributed by atoms with Crippen LogP contribution in [0.15, 0.2) is 52.8 Å².